The lowest BCUT2D eigenvalue weighted by atomic mass is 9.88. The number of aromatic amines is 2. The van der Waals surface area contributed by atoms with Crippen molar-refractivity contribution in [2.75, 3.05) is 14.2 Å². The van der Waals surface area contributed by atoms with Crippen LogP contribution in [0, 0.1) is 62.2 Å². The number of nitrogens with two attached hydrogens (primary N) is 2. The van der Waals surface area contributed by atoms with Crippen LogP contribution in [-0.4, -0.2) is 43.6 Å². The smallest absolute Gasteiger partial charge is 0.123 e. The second-order valence-electron chi connectivity index (χ2n) is 18.4. The van der Waals surface area contributed by atoms with Crippen molar-refractivity contribution in [1.29, 1.82) is 10.5 Å². The van der Waals surface area contributed by atoms with E-state index in [2.05, 4.69) is 116 Å². The van der Waals surface area contributed by atoms with E-state index in [1.54, 1.807) is 14.2 Å². The number of imidazole rings is 2. The fourth-order valence-electron chi connectivity index (χ4n) is 7.56. The molecule has 328 valence electrons. The number of nitrogens with zero attached hydrogens (tertiary/aromatic N) is 4. The average Bonchev–Trinajstić information content (AvgIpc) is 4.16. The number of ether oxygens (including phenoxy) is 2. The lowest BCUT2D eigenvalue weighted by molar-refractivity contribution is 0.404. The van der Waals surface area contributed by atoms with E-state index in [9.17, 15) is 0 Å². The predicted molar refractivity (Wildman–Crippen MR) is 259 cm³/mol. The Morgan fingerprint density at radius 3 is 1.23 bits per heavy atom. The second kappa shape index (κ2) is 20.5. The SMILES string of the molecule is CC(C)(C)SN.CC(C)(C)SN.COc1cc(C)cc(C)c1C(c1nc2ccc(C#N)cc2[nH]1)C1CC1.COc1cc(C)cc(C)c1C(c1nc2ccc(C#N)cc2[nH]1)C1CC1. The lowest BCUT2D eigenvalue weighted by Gasteiger charge is -2.21. The zero-order valence-electron chi connectivity index (χ0n) is 38.5. The molecule has 2 fully saturated rings. The number of hydrogen-bond acceptors (Lipinski definition) is 10. The third-order valence-electron chi connectivity index (χ3n) is 10.8. The second-order valence-corrected chi connectivity index (χ2v) is 21.3. The Balaban J connectivity index is 0.000000186. The van der Waals surface area contributed by atoms with Gasteiger partial charge < -0.3 is 19.4 Å². The Morgan fingerprint density at radius 2 is 0.952 bits per heavy atom. The third-order valence-corrected chi connectivity index (χ3v) is 12.2. The van der Waals surface area contributed by atoms with Gasteiger partial charge in [-0.3, -0.25) is 10.3 Å². The van der Waals surface area contributed by atoms with Gasteiger partial charge in [-0.1, -0.05) is 36.0 Å². The molecule has 0 amide bonds. The van der Waals surface area contributed by atoms with Crippen LogP contribution in [-0.2, 0) is 0 Å². The molecule has 10 nitrogen and oxygen atoms in total. The van der Waals surface area contributed by atoms with Crippen LogP contribution < -0.4 is 19.8 Å². The van der Waals surface area contributed by atoms with E-state index in [0.29, 0.717) is 23.0 Å². The van der Waals surface area contributed by atoms with E-state index in [1.807, 2.05) is 36.4 Å². The quantitative estimate of drug-likeness (QED) is 0.108. The molecule has 2 aromatic heterocycles. The maximum absolute atomic E-state index is 9.12. The summed E-state index contributed by atoms with van der Waals surface area (Å²) in [4.78, 5) is 16.6. The van der Waals surface area contributed by atoms with Gasteiger partial charge in [-0.2, -0.15) is 10.5 Å². The molecule has 0 radical (unpaired) electrons. The molecule has 0 bridgehead atoms. The maximum atomic E-state index is 9.12. The van der Waals surface area contributed by atoms with Gasteiger partial charge in [-0.15, -0.1) is 0 Å². The standard InChI is InChI=1S/2C21H21N3O.2C4H11NS/c2*1-12-8-13(2)19(18(9-12)25-3)20(15-5-6-15)21-23-16-7-4-14(11-22)10-17(16)24-21;2*1-4(2,3)6-5/h2*4,7-10,15,20H,5-6H2,1-3H3,(H,23,24);2*5H2,1-3H3. The number of H-pyrrole nitrogens is 2. The van der Waals surface area contributed by atoms with Crippen LogP contribution in [0.3, 0.4) is 0 Å². The van der Waals surface area contributed by atoms with Gasteiger partial charge in [0.05, 0.1) is 59.6 Å². The molecule has 12 heteroatoms. The molecular formula is C50H64N8O2S2. The molecule has 0 spiro atoms. The monoisotopic (exact) mass is 872 g/mol. The number of nitriles is 2. The fraction of sp³-hybridized carbons (Fsp3) is 0.440. The maximum Gasteiger partial charge on any atom is 0.123 e. The first-order valence-electron chi connectivity index (χ1n) is 21.2. The van der Waals surface area contributed by atoms with Crippen molar-refractivity contribution in [3.63, 3.8) is 0 Å². The van der Waals surface area contributed by atoms with Crippen LogP contribution in [0.2, 0.25) is 0 Å². The first kappa shape index (κ1) is 48.1. The fourth-order valence-corrected chi connectivity index (χ4v) is 7.56. The van der Waals surface area contributed by atoms with Gasteiger partial charge in [0, 0.05) is 32.5 Å². The number of nitrogens with one attached hydrogen (secondary N) is 2. The summed E-state index contributed by atoms with van der Waals surface area (Å²) in [6.45, 7) is 21.0. The summed E-state index contributed by atoms with van der Waals surface area (Å²) in [6.07, 6.45) is 4.84. The molecule has 0 aliphatic heterocycles. The number of fused-ring (bicyclic) bond motifs is 2. The number of benzene rings is 4. The molecule has 2 aliphatic rings. The molecule has 2 unspecified atom stereocenters. The van der Waals surface area contributed by atoms with Gasteiger partial charge in [0.25, 0.3) is 0 Å². The van der Waals surface area contributed by atoms with Gasteiger partial charge in [0.2, 0.25) is 0 Å². The normalized spacial score (nSPS) is 14.5. The van der Waals surface area contributed by atoms with Crippen LogP contribution in [0.5, 0.6) is 11.5 Å². The number of aromatic nitrogens is 4. The highest BCUT2D eigenvalue weighted by Crippen LogP contribution is 2.50. The molecule has 2 atom stereocenters. The van der Waals surface area contributed by atoms with E-state index in [1.165, 1.54) is 83.0 Å². The highest BCUT2D eigenvalue weighted by Gasteiger charge is 2.39. The highest BCUT2D eigenvalue weighted by molar-refractivity contribution is 7.98. The number of aryl methyl sites for hydroxylation is 4. The van der Waals surface area contributed by atoms with Crippen molar-refractivity contribution in [2.45, 2.75) is 116 Å². The number of hydrogen-bond donors (Lipinski definition) is 4. The summed E-state index contributed by atoms with van der Waals surface area (Å²) < 4.78 is 11.9. The van der Waals surface area contributed by atoms with Gasteiger partial charge in [-0.25, -0.2) is 9.97 Å². The van der Waals surface area contributed by atoms with Crippen molar-refractivity contribution in [1.82, 2.24) is 19.9 Å². The van der Waals surface area contributed by atoms with Crippen molar-refractivity contribution < 1.29 is 9.47 Å². The zero-order valence-corrected chi connectivity index (χ0v) is 40.1. The summed E-state index contributed by atoms with van der Waals surface area (Å²) in [5.41, 5.74) is 12.3. The molecular weight excluding hydrogens is 809 g/mol. The summed E-state index contributed by atoms with van der Waals surface area (Å²) in [6, 6.07) is 24.2. The number of rotatable bonds is 8. The first-order chi connectivity index (χ1) is 29.3. The molecule has 2 heterocycles. The summed E-state index contributed by atoms with van der Waals surface area (Å²) >= 11 is 2.76. The molecule has 62 heavy (non-hydrogen) atoms. The van der Waals surface area contributed by atoms with Gasteiger partial charge >= 0.3 is 0 Å². The van der Waals surface area contributed by atoms with Crippen LogP contribution in [0.4, 0.5) is 0 Å². The predicted octanol–water partition coefficient (Wildman–Crippen LogP) is 12.0. The Kier molecular flexibility index (Phi) is 15.9. The van der Waals surface area contributed by atoms with E-state index in [0.717, 1.165) is 45.2 Å². The summed E-state index contributed by atoms with van der Waals surface area (Å²) in [7, 11) is 3.47. The molecule has 2 aliphatic carbocycles. The van der Waals surface area contributed by atoms with E-state index >= 15 is 0 Å². The Labute approximate surface area is 377 Å². The van der Waals surface area contributed by atoms with Gasteiger partial charge in [-0.05, 0) is 178 Å². The molecule has 4 aromatic carbocycles. The molecule has 0 saturated heterocycles. The van der Waals surface area contributed by atoms with Crippen LogP contribution in [0.25, 0.3) is 22.1 Å². The molecule has 8 rings (SSSR count). The number of methoxy groups -OCH3 is 2. The molecule has 2 saturated carbocycles. The lowest BCUT2D eigenvalue weighted by Crippen LogP contribution is -2.10. The van der Waals surface area contributed by atoms with E-state index in [-0.39, 0.29) is 21.3 Å². The van der Waals surface area contributed by atoms with Crippen molar-refractivity contribution in [3.8, 4) is 23.6 Å². The highest BCUT2D eigenvalue weighted by atomic mass is 32.2. The van der Waals surface area contributed by atoms with E-state index in [4.69, 9.17) is 40.2 Å². The van der Waals surface area contributed by atoms with Crippen LogP contribution in [0.1, 0.15) is 135 Å². The summed E-state index contributed by atoms with van der Waals surface area (Å²) in [5, 5.41) is 28.7. The van der Waals surface area contributed by atoms with Crippen molar-refractivity contribution >= 4 is 46.0 Å². The average molecular weight is 873 g/mol. The topological polar surface area (TPSA) is 175 Å². The first-order valence-corrected chi connectivity index (χ1v) is 22.9. The molecule has 6 N–H and O–H groups in total. The zero-order chi connectivity index (χ0) is 45.5. The largest absolute Gasteiger partial charge is 0.496 e. The minimum atomic E-state index is 0.202. The van der Waals surface area contributed by atoms with Crippen molar-refractivity contribution in [2.24, 2.45) is 22.1 Å². The minimum absolute atomic E-state index is 0.202. The Hall–Kier alpha value is -4.98. The van der Waals surface area contributed by atoms with E-state index < -0.39 is 0 Å². The minimum Gasteiger partial charge on any atom is -0.496 e. The van der Waals surface area contributed by atoms with Gasteiger partial charge in [0.15, 0.2) is 0 Å². The van der Waals surface area contributed by atoms with Crippen LogP contribution >= 0.6 is 23.9 Å². The Morgan fingerprint density at radius 1 is 0.613 bits per heavy atom. The van der Waals surface area contributed by atoms with Gasteiger partial charge in [0.1, 0.15) is 23.1 Å². The Bertz CT molecular complexity index is 2380. The molecule has 6 aromatic rings. The third kappa shape index (κ3) is 12.6. The van der Waals surface area contributed by atoms with Crippen LogP contribution in [0.15, 0.2) is 60.7 Å². The van der Waals surface area contributed by atoms with Crippen molar-refractivity contribution in [3.05, 3.63) is 117 Å². The summed E-state index contributed by atoms with van der Waals surface area (Å²) in [5.74, 6) is 5.40.